The second kappa shape index (κ2) is 9.41. The van der Waals surface area contributed by atoms with E-state index in [1.807, 2.05) is 68.4 Å². The molecule has 180 valence electrons. The number of ketones is 1. The molecular formula is C30H31NO4. The Balaban J connectivity index is 1.96. The van der Waals surface area contributed by atoms with E-state index in [-0.39, 0.29) is 16.7 Å². The summed E-state index contributed by atoms with van der Waals surface area (Å²) in [6, 6.07) is 21.4. The average Bonchev–Trinajstić information content (AvgIpc) is 3.09. The van der Waals surface area contributed by atoms with E-state index in [0.717, 1.165) is 22.4 Å². The molecule has 1 N–H and O–H groups in total. The number of nitrogens with zero attached hydrogens (tertiary/aromatic N) is 1. The van der Waals surface area contributed by atoms with Crippen LogP contribution in [0, 0.1) is 6.92 Å². The normalized spacial score (nSPS) is 17.6. The molecule has 1 aliphatic rings. The molecule has 1 saturated heterocycles. The Morgan fingerprint density at radius 3 is 2.26 bits per heavy atom. The van der Waals surface area contributed by atoms with Crippen molar-refractivity contribution in [3.63, 3.8) is 0 Å². The Kier molecular flexibility index (Phi) is 6.53. The summed E-state index contributed by atoms with van der Waals surface area (Å²) in [5, 5.41) is 11.5. The Morgan fingerprint density at radius 1 is 0.971 bits per heavy atom. The quantitative estimate of drug-likeness (QED) is 0.270. The van der Waals surface area contributed by atoms with Gasteiger partial charge in [-0.1, -0.05) is 63.2 Å². The number of amides is 1. The van der Waals surface area contributed by atoms with Gasteiger partial charge in [0.1, 0.15) is 11.5 Å². The Morgan fingerprint density at radius 2 is 1.63 bits per heavy atom. The molecular weight excluding hydrogens is 438 g/mol. The zero-order valence-corrected chi connectivity index (χ0v) is 20.8. The number of anilines is 1. The fourth-order valence-corrected chi connectivity index (χ4v) is 4.58. The summed E-state index contributed by atoms with van der Waals surface area (Å²) in [4.78, 5) is 28.2. The SMILES string of the molecule is CCOc1ccc(/C(O)=C2\C(=O)C(=O)N(c3ccccc3)C2c2ccccc2C)cc1C(C)(C)C. The van der Waals surface area contributed by atoms with Gasteiger partial charge in [-0.15, -0.1) is 0 Å². The summed E-state index contributed by atoms with van der Waals surface area (Å²) in [7, 11) is 0. The molecule has 0 bridgehead atoms. The van der Waals surface area contributed by atoms with Gasteiger partial charge in [-0.25, -0.2) is 0 Å². The summed E-state index contributed by atoms with van der Waals surface area (Å²) in [5.74, 6) is -0.820. The molecule has 5 nitrogen and oxygen atoms in total. The van der Waals surface area contributed by atoms with Crippen molar-refractivity contribution >= 4 is 23.1 Å². The monoisotopic (exact) mass is 469 g/mol. The van der Waals surface area contributed by atoms with Gasteiger partial charge in [-0.2, -0.15) is 0 Å². The van der Waals surface area contributed by atoms with Gasteiger partial charge in [0.15, 0.2) is 0 Å². The zero-order valence-electron chi connectivity index (χ0n) is 20.8. The van der Waals surface area contributed by atoms with Crippen molar-refractivity contribution in [2.24, 2.45) is 0 Å². The van der Waals surface area contributed by atoms with Crippen LogP contribution in [0.15, 0.2) is 78.4 Å². The molecule has 1 aliphatic heterocycles. The maximum absolute atomic E-state index is 13.4. The molecule has 0 saturated carbocycles. The molecule has 3 aromatic rings. The fraction of sp³-hybridized carbons (Fsp3) is 0.267. The van der Waals surface area contributed by atoms with Crippen LogP contribution in [0.5, 0.6) is 5.75 Å². The van der Waals surface area contributed by atoms with E-state index in [1.54, 1.807) is 18.2 Å². The molecule has 1 atom stereocenters. The second-order valence-electron chi connectivity index (χ2n) is 9.76. The van der Waals surface area contributed by atoms with Gasteiger partial charge in [-0.05, 0) is 60.7 Å². The van der Waals surface area contributed by atoms with Crippen LogP contribution in [-0.4, -0.2) is 23.4 Å². The highest BCUT2D eigenvalue weighted by Gasteiger charge is 2.47. The second-order valence-corrected chi connectivity index (χ2v) is 9.76. The third-order valence-electron chi connectivity index (χ3n) is 6.32. The predicted molar refractivity (Wildman–Crippen MR) is 139 cm³/mol. The van der Waals surface area contributed by atoms with E-state index in [2.05, 4.69) is 20.8 Å². The number of aliphatic hydroxyl groups excluding tert-OH is 1. The van der Waals surface area contributed by atoms with Crippen molar-refractivity contribution in [1.29, 1.82) is 0 Å². The molecule has 4 rings (SSSR count). The van der Waals surface area contributed by atoms with E-state index in [4.69, 9.17) is 4.74 Å². The zero-order chi connectivity index (χ0) is 25.3. The highest BCUT2D eigenvalue weighted by molar-refractivity contribution is 6.51. The van der Waals surface area contributed by atoms with Crippen LogP contribution >= 0.6 is 0 Å². The van der Waals surface area contributed by atoms with Crippen LogP contribution in [0.2, 0.25) is 0 Å². The molecule has 5 heteroatoms. The van der Waals surface area contributed by atoms with Crippen molar-refractivity contribution in [3.05, 3.63) is 101 Å². The molecule has 3 aromatic carbocycles. The number of carbonyl (C=O) groups is 2. The van der Waals surface area contributed by atoms with Gasteiger partial charge in [0.25, 0.3) is 11.7 Å². The molecule has 1 amide bonds. The lowest BCUT2D eigenvalue weighted by molar-refractivity contribution is -0.132. The first kappa shape index (κ1) is 24.3. The number of benzene rings is 3. The van der Waals surface area contributed by atoms with Crippen LogP contribution in [0.3, 0.4) is 0 Å². The van der Waals surface area contributed by atoms with E-state index < -0.39 is 17.7 Å². The van der Waals surface area contributed by atoms with Crippen molar-refractivity contribution < 1.29 is 19.4 Å². The number of para-hydroxylation sites is 1. The van der Waals surface area contributed by atoms with Crippen molar-refractivity contribution in [1.82, 2.24) is 0 Å². The molecule has 0 spiro atoms. The van der Waals surface area contributed by atoms with Crippen LogP contribution in [0.4, 0.5) is 5.69 Å². The number of rotatable bonds is 5. The number of aryl methyl sites for hydroxylation is 1. The van der Waals surface area contributed by atoms with Gasteiger partial charge >= 0.3 is 0 Å². The smallest absolute Gasteiger partial charge is 0.300 e. The van der Waals surface area contributed by atoms with Gasteiger partial charge in [0.2, 0.25) is 0 Å². The van der Waals surface area contributed by atoms with E-state index in [9.17, 15) is 14.7 Å². The number of aliphatic hydroxyl groups is 1. The maximum atomic E-state index is 13.4. The molecule has 1 unspecified atom stereocenters. The summed E-state index contributed by atoms with van der Waals surface area (Å²) in [6.45, 7) is 10.6. The minimum Gasteiger partial charge on any atom is -0.507 e. The summed E-state index contributed by atoms with van der Waals surface area (Å²) >= 11 is 0. The minimum atomic E-state index is -0.747. The van der Waals surface area contributed by atoms with E-state index in [1.165, 1.54) is 4.90 Å². The molecule has 0 aromatic heterocycles. The minimum absolute atomic E-state index is 0.0807. The maximum Gasteiger partial charge on any atom is 0.300 e. The number of hydrogen-bond acceptors (Lipinski definition) is 4. The first-order valence-corrected chi connectivity index (χ1v) is 11.8. The fourth-order valence-electron chi connectivity index (χ4n) is 4.58. The lowest BCUT2D eigenvalue weighted by Gasteiger charge is -2.27. The van der Waals surface area contributed by atoms with Crippen LogP contribution < -0.4 is 9.64 Å². The standard InChI is InChI=1S/C30H31NO4/c1-6-35-24-17-16-20(18-23(24)30(3,4)5)27(32)25-26(22-15-11-10-12-19(22)2)31(29(34)28(25)33)21-13-8-7-9-14-21/h7-18,26,32H,6H2,1-5H3/b27-25+. The van der Waals surface area contributed by atoms with Gasteiger partial charge in [0, 0.05) is 16.8 Å². The van der Waals surface area contributed by atoms with Gasteiger partial charge in [0.05, 0.1) is 18.2 Å². The number of hydrogen-bond donors (Lipinski definition) is 1. The molecule has 1 heterocycles. The number of Topliss-reactive ketones (excluding diaryl/α,β-unsaturated/α-hetero) is 1. The first-order valence-electron chi connectivity index (χ1n) is 11.8. The van der Waals surface area contributed by atoms with E-state index in [0.29, 0.717) is 17.9 Å². The molecule has 0 radical (unpaired) electrons. The molecule has 1 fully saturated rings. The Hall–Kier alpha value is -3.86. The Bertz CT molecular complexity index is 1300. The topological polar surface area (TPSA) is 66.8 Å². The van der Waals surface area contributed by atoms with Gasteiger partial charge < -0.3 is 9.84 Å². The van der Waals surface area contributed by atoms with Crippen LogP contribution in [0.1, 0.15) is 56.0 Å². The number of carbonyl (C=O) groups excluding carboxylic acids is 2. The highest BCUT2D eigenvalue weighted by atomic mass is 16.5. The van der Waals surface area contributed by atoms with Gasteiger partial charge in [-0.3, -0.25) is 14.5 Å². The van der Waals surface area contributed by atoms with Crippen LogP contribution in [0.25, 0.3) is 5.76 Å². The van der Waals surface area contributed by atoms with Crippen LogP contribution in [-0.2, 0) is 15.0 Å². The summed E-state index contributed by atoms with van der Waals surface area (Å²) in [5.41, 5.74) is 3.52. The largest absolute Gasteiger partial charge is 0.507 e. The lowest BCUT2D eigenvalue weighted by Crippen LogP contribution is -2.29. The van der Waals surface area contributed by atoms with E-state index >= 15 is 0 Å². The number of ether oxygens (including phenoxy) is 1. The predicted octanol–water partition coefficient (Wildman–Crippen LogP) is 6.32. The summed E-state index contributed by atoms with van der Waals surface area (Å²) in [6.07, 6.45) is 0. The van der Waals surface area contributed by atoms with Crippen molar-refractivity contribution in [3.8, 4) is 5.75 Å². The molecule has 0 aliphatic carbocycles. The Labute approximate surface area is 206 Å². The van der Waals surface area contributed by atoms with Crippen molar-refractivity contribution in [2.75, 3.05) is 11.5 Å². The molecule has 35 heavy (non-hydrogen) atoms. The third-order valence-corrected chi connectivity index (χ3v) is 6.32. The third kappa shape index (κ3) is 4.46. The average molecular weight is 470 g/mol. The van der Waals surface area contributed by atoms with Crippen molar-refractivity contribution in [2.45, 2.75) is 46.1 Å². The highest BCUT2D eigenvalue weighted by Crippen LogP contribution is 2.43. The first-order chi connectivity index (χ1) is 16.6. The summed E-state index contributed by atoms with van der Waals surface area (Å²) < 4.78 is 5.82. The lowest BCUT2D eigenvalue weighted by atomic mass is 9.84.